The number of benzene rings is 1. The van der Waals surface area contributed by atoms with Crippen molar-refractivity contribution in [3.8, 4) is 5.88 Å². The number of allylic oxidation sites excluding steroid dienone is 3. The Labute approximate surface area is 228 Å². The maximum Gasteiger partial charge on any atom is 0.213 e. The number of amidine groups is 1. The molecule has 2 heterocycles. The van der Waals surface area contributed by atoms with Gasteiger partial charge in [-0.25, -0.2) is 4.98 Å². The van der Waals surface area contributed by atoms with Crippen LogP contribution in [0.1, 0.15) is 75.6 Å². The van der Waals surface area contributed by atoms with E-state index in [1.165, 1.54) is 11.1 Å². The van der Waals surface area contributed by atoms with Crippen LogP contribution >= 0.6 is 0 Å². The molecule has 0 saturated carbocycles. The zero-order valence-corrected chi connectivity index (χ0v) is 23.7. The number of pyridine rings is 1. The van der Waals surface area contributed by atoms with E-state index in [1.807, 2.05) is 38.4 Å². The molecule has 1 aromatic heterocycles. The molecule has 0 aliphatic carbocycles. The number of aromatic nitrogens is 1. The molecule has 0 radical (unpaired) electrons. The third-order valence-electron chi connectivity index (χ3n) is 6.56. The van der Waals surface area contributed by atoms with Gasteiger partial charge >= 0.3 is 0 Å². The molecule has 0 fully saturated rings. The minimum atomic E-state index is 0.409. The van der Waals surface area contributed by atoms with Crippen LogP contribution in [0.5, 0.6) is 5.88 Å². The van der Waals surface area contributed by atoms with Gasteiger partial charge in [0.1, 0.15) is 18.2 Å². The lowest BCUT2D eigenvalue weighted by molar-refractivity contribution is 0.199. The van der Waals surface area contributed by atoms with Gasteiger partial charge in [0.05, 0.1) is 18.8 Å². The second-order valence-electron chi connectivity index (χ2n) is 9.54. The zero-order valence-electron chi connectivity index (χ0n) is 23.7. The van der Waals surface area contributed by atoms with Crippen molar-refractivity contribution in [3.63, 3.8) is 0 Å². The van der Waals surface area contributed by atoms with Crippen LogP contribution in [0.2, 0.25) is 0 Å². The monoisotopic (exact) mass is 514 g/mol. The van der Waals surface area contributed by atoms with Gasteiger partial charge in [0.15, 0.2) is 0 Å². The quantitative estimate of drug-likeness (QED) is 0.223. The fourth-order valence-electron chi connectivity index (χ4n) is 4.21. The summed E-state index contributed by atoms with van der Waals surface area (Å²) in [4.78, 5) is 9.01. The Morgan fingerprint density at radius 3 is 2.74 bits per heavy atom. The molecule has 1 atom stereocenters. The van der Waals surface area contributed by atoms with Crippen LogP contribution in [0.4, 0.5) is 0 Å². The highest BCUT2D eigenvalue weighted by molar-refractivity contribution is 6.16. The number of nitrogens with one attached hydrogen (secondary N) is 2. The highest BCUT2D eigenvalue weighted by Crippen LogP contribution is 2.34. The molecule has 202 valence electrons. The van der Waals surface area contributed by atoms with Crippen molar-refractivity contribution < 1.29 is 9.47 Å². The molecule has 0 saturated heterocycles. The van der Waals surface area contributed by atoms with Crippen molar-refractivity contribution in [2.75, 3.05) is 20.3 Å². The molecule has 0 amide bonds. The van der Waals surface area contributed by atoms with E-state index in [1.54, 1.807) is 6.20 Å². The molecular weight excluding hydrogens is 472 g/mol. The number of rotatable bonds is 13. The topological polar surface area (TPSA) is 67.8 Å². The second-order valence-corrected chi connectivity index (χ2v) is 9.54. The minimum absolute atomic E-state index is 0.409. The molecular formula is C32H42N4O2. The van der Waals surface area contributed by atoms with E-state index < -0.39 is 0 Å². The van der Waals surface area contributed by atoms with Crippen LogP contribution in [-0.4, -0.2) is 31.1 Å². The summed E-state index contributed by atoms with van der Waals surface area (Å²) in [7, 11) is 1.88. The van der Waals surface area contributed by atoms with Gasteiger partial charge in [0, 0.05) is 24.0 Å². The van der Waals surface area contributed by atoms with Crippen molar-refractivity contribution in [1.29, 1.82) is 0 Å². The maximum atomic E-state index is 6.31. The number of ether oxygens (including phenoxy) is 2. The maximum absolute atomic E-state index is 6.31. The predicted molar refractivity (Wildman–Crippen MR) is 159 cm³/mol. The number of nitrogens with zero attached hydrogens (tertiary/aromatic N) is 2. The third kappa shape index (κ3) is 7.45. The van der Waals surface area contributed by atoms with Crippen LogP contribution in [0.25, 0.3) is 11.6 Å². The SMILES string of the molecule is C=C/C(C)=C\c1cc(C2=CNC(=NCNC)/C2=C(\C)OCc2ccnc(OCCC)c2)ccc1[C@H](C)CC. The lowest BCUT2D eigenvalue weighted by Crippen LogP contribution is -2.18. The Balaban J connectivity index is 1.98. The molecule has 3 rings (SSSR count). The van der Waals surface area contributed by atoms with Gasteiger partial charge in [-0.15, -0.1) is 0 Å². The van der Waals surface area contributed by atoms with E-state index >= 15 is 0 Å². The molecule has 0 bridgehead atoms. The Hall–Kier alpha value is -3.64. The average molecular weight is 515 g/mol. The van der Waals surface area contributed by atoms with Gasteiger partial charge in [0.2, 0.25) is 5.88 Å². The summed E-state index contributed by atoms with van der Waals surface area (Å²) in [6.45, 7) is 16.2. The van der Waals surface area contributed by atoms with Crippen molar-refractivity contribution in [2.24, 2.45) is 4.99 Å². The highest BCUT2D eigenvalue weighted by atomic mass is 16.5. The summed E-state index contributed by atoms with van der Waals surface area (Å²) < 4.78 is 12.0. The largest absolute Gasteiger partial charge is 0.493 e. The molecule has 38 heavy (non-hydrogen) atoms. The predicted octanol–water partition coefficient (Wildman–Crippen LogP) is 6.98. The van der Waals surface area contributed by atoms with Gasteiger partial charge in [-0.3, -0.25) is 4.99 Å². The number of aliphatic imine (C=N–C) groups is 1. The van der Waals surface area contributed by atoms with Crippen molar-refractivity contribution in [2.45, 2.75) is 60.0 Å². The van der Waals surface area contributed by atoms with Crippen molar-refractivity contribution >= 4 is 17.5 Å². The molecule has 1 aromatic carbocycles. The molecule has 1 aliphatic heterocycles. The Morgan fingerprint density at radius 1 is 1.21 bits per heavy atom. The number of hydrogen-bond acceptors (Lipinski definition) is 5. The standard InChI is InChI=1S/C32H42N4O2/c1-8-15-37-30-17-25(13-14-34-30)20-38-24(6)31-29(19-35-32(31)36-21-33-7)26-11-12-28(23(5)10-3)27(18-26)16-22(4)9-2/h9,11-14,16-19,23,33H,2,8,10,15,20-21H2,1,3-7H3,(H,35,36)/b22-16-,31-24+/t23-/m1/s1. The van der Waals surface area contributed by atoms with Gasteiger partial charge in [0.25, 0.3) is 0 Å². The van der Waals surface area contributed by atoms with Gasteiger partial charge < -0.3 is 20.1 Å². The summed E-state index contributed by atoms with van der Waals surface area (Å²) in [5.41, 5.74) is 7.82. The Kier molecular flexibility index (Phi) is 10.9. The smallest absolute Gasteiger partial charge is 0.213 e. The van der Waals surface area contributed by atoms with Crippen molar-refractivity contribution in [1.82, 2.24) is 15.6 Å². The van der Waals surface area contributed by atoms with Crippen LogP contribution < -0.4 is 15.4 Å². The van der Waals surface area contributed by atoms with Crippen LogP contribution in [0.15, 0.2) is 77.3 Å². The zero-order chi connectivity index (χ0) is 27.5. The minimum Gasteiger partial charge on any atom is -0.493 e. The molecule has 2 aromatic rings. The van der Waals surface area contributed by atoms with E-state index in [4.69, 9.17) is 14.5 Å². The summed E-state index contributed by atoms with van der Waals surface area (Å²) in [6.07, 6.45) is 9.90. The first kappa shape index (κ1) is 28.9. The molecule has 0 spiro atoms. The molecule has 0 unspecified atom stereocenters. The fourth-order valence-corrected chi connectivity index (χ4v) is 4.21. The summed E-state index contributed by atoms with van der Waals surface area (Å²) in [5, 5.41) is 6.47. The Morgan fingerprint density at radius 2 is 2.03 bits per heavy atom. The summed E-state index contributed by atoms with van der Waals surface area (Å²) >= 11 is 0. The molecule has 6 nitrogen and oxygen atoms in total. The second kappa shape index (κ2) is 14.3. The average Bonchev–Trinajstić information content (AvgIpc) is 3.37. The first-order valence-electron chi connectivity index (χ1n) is 13.4. The van der Waals surface area contributed by atoms with E-state index in [0.29, 0.717) is 31.7 Å². The van der Waals surface area contributed by atoms with Crippen LogP contribution in [0.3, 0.4) is 0 Å². The van der Waals surface area contributed by atoms with E-state index in [9.17, 15) is 0 Å². The highest BCUT2D eigenvalue weighted by Gasteiger charge is 2.24. The van der Waals surface area contributed by atoms with Gasteiger partial charge in [-0.05, 0) is 74.0 Å². The Bertz CT molecular complexity index is 1240. The van der Waals surface area contributed by atoms with Crippen molar-refractivity contribution in [3.05, 3.63) is 94.5 Å². The van der Waals surface area contributed by atoms with E-state index in [0.717, 1.165) is 52.3 Å². The van der Waals surface area contributed by atoms with Crippen LogP contribution in [0, 0.1) is 0 Å². The van der Waals surface area contributed by atoms with E-state index in [2.05, 4.69) is 74.2 Å². The van der Waals surface area contributed by atoms with Crippen LogP contribution in [-0.2, 0) is 11.3 Å². The molecule has 2 N–H and O–H groups in total. The fraction of sp³-hybridized carbons (Fsp3) is 0.375. The third-order valence-corrected chi connectivity index (χ3v) is 6.56. The first-order valence-corrected chi connectivity index (χ1v) is 13.4. The normalized spacial score (nSPS) is 16.6. The summed E-state index contributed by atoms with van der Waals surface area (Å²) in [6, 6.07) is 10.6. The lowest BCUT2D eigenvalue weighted by Gasteiger charge is -2.17. The molecule has 1 aliphatic rings. The first-order chi connectivity index (χ1) is 18.4. The molecule has 6 heteroatoms. The number of hydrogen-bond donors (Lipinski definition) is 2. The lowest BCUT2D eigenvalue weighted by atomic mass is 9.89. The summed E-state index contributed by atoms with van der Waals surface area (Å²) in [5.74, 6) is 2.67. The van der Waals surface area contributed by atoms with Gasteiger partial charge in [-0.2, -0.15) is 0 Å². The van der Waals surface area contributed by atoms with Gasteiger partial charge in [-0.1, -0.05) is 57.2 Å². The van der Waals surface area contributed by atoms with E-state index in [-0.39, 0.29) is 0 Å².